The fraction of sp³-hybridized carbons (Fsp3) is 0.900. The molecule has 12 atom stereocenters. The number of rotatable bonds is 8. The van der Waals surface area contributed by atoms with E-state index in [9.17, 15) is 14.7 Å². The van der Waals surface area contributed by atoms with Crippen LogP contribution in [0.2, 0.25) is 0 Å². The lowest BCUT2D eigenvalue weighted by molar-refractivity contribution is -0.267. The molecule has 5 fully saturated rings. The van der Waals surface area contributed by atoms with Crippen LogP contribution in [0.3, 0.4) is 0 Å². The molecule has 266 valence electrons. The molecule has 5 aliphatic carbocycles. The van der Waals surface area contributed by atoms with Gasteiger partial charge in [0.15, 0.2) is 0 Å². The fourth-order valence-corrected chi connectivity index (χ4v) is 13.1. The van der Waals surface area contributed by atoms with Crippen molar-refractivity contribution in [1.82, 2.24) is 0 Å². The standard InChI is InChI=1S/C40H65NO6/c1-24(2)25(3)36(5)18-19-38(7)28-14-15-32-37(6)22-45-23-40(32,29(28)16-17-39(38,8)33(36)35(43)44)20-31(47-26(4)42)34(37)46-21-30(41)27-12-10-9-11-13-27/h16,24-25,27-28,30-34H,9-15,17-23,41H2,1-8H3,(H,43,44)/t25-,28+,30?,31-,32+,33-,34+,36-,37-,38-,39+,40-/m1/s1. The molecule has 3 N–H and O–H groups in total. The zero-order chi connectivity index (χ0) is 34.2. The average molecular weight is 656 g/mol. The molecule has 7 heteroatoms. The zero-order valence-corrected chi connectivity index (χ0v) is 30.7. The Kier molecular flexibility index (Phi) is 9.34. The van der Waals surface area contributed by atoms with E-state index in [1.807, 2.05) is 0 Å². The van der Waals surface area contributed by atoms with Crippen LogP contribution < -0.4 is 5.73 Å². The van der Waals surface area contributed by atoms with E-state index in [1.54, 1.807) is 0 Å². The number of carboxylic acids is 1. The highest BCUT2D eigenvalue weighted by molar-refractivity contribution is 5.73. The first-order valence-corrected chi connectivity index (χ1v) is 19.1. The van der Waals surface area contributed by atoms with Crippen molar-refractivity contribution in [1.29, 1.82) is 0 Å². The molecule has 1 heterocycles. The highest BCUT2D eigenvalue weighted by Gasteiger charge is 2.72. The van der Waals surface area contributed by atoms with Gasteiger partial charge in [0.05, 0.1) is 25.7 Å². The number of hydrogen-bond acceptors (Lipinski definition) is 6. The van der Waals surface area contributed by atoms with Gasteiger partial charge in [-0.05, 0) is 97.2 Å². The number of carboxylic acid groups (broad SMARTS) is 1. The Hall–Kier alpha value is -1.44. The molecule has 1 saturated heterocycles. The second-order valence-corrected chi connectivity index (χ2v) is 18.5. The third-order valence-electron chi connectivity index (χ3n) is 16.1. The molecule has 7 nitrogen and oxygen atoms in total. The summed E-state index contributed by atoms with van der Waals surface area (Å²) in [4.78, 5) is 26.0. The molecule has 2 bridgehead atoms. The minimum atomic E-state index is -0.635. The largest absolute Gasteiger partial charge is 0.481 e. The van der Waals surface area contributed by atoms with Crippen LogP contribution in [0.25, 0.3) is 0 Å². The molecule has 6 rings (SSSR count). The summed E-state index contributed by atoms with van der Waals surface area (Å²) in [5.41, 5.74) is 6.86. The van der Waals surface area contributed by atoms with Crippen molar-refractivity contribution in [3.05, 3.63) is 11.6 Å². The molecule has 6 aliphatic rings. The molecule has 1 unspecified atom stereocenters. The van der Waals surface area contributed by atoms with E-state index in [1.165, 1.54) is 44.6 Å². The molecule has 1 aliphatic heterocycles. The minimum Gasteiger partial charge on any atom is -0.481 e. The fourth-order valence-electron chi connectivity index (χ4n) is 13.1. The number of aliphatic carboxylic acids is 1. The predicted octanol–water partition coefficient (Wildman–Crippen LogP) is 7.80. The Balaban J connectivity index is 1.36. The molecular weight excluding hydrogens is 590 g/mol. The van der Waals surface area contributed by atoms with Crippen molar-refractivity contribution >= 4 is 11.9 Å². The second kappa shape index (κ2) is 12.4. The average Bonchev–Trinajstić information content (AvgIpc) is 3.00. The molecular formula is C40H65NO6. The SMILES string of the molecule is CC(=O)O[C@@H]1C[C@]23COC[C@](C)([C@@H]2CC[C@H]2C3=CC[C@@]3(C)[C@H](C(=O)O)[C@@](C)([C@H](C)C(C)C)CC[C@]23C)[C@H]1OCC(N)C1CCCCC1. The maximum absolute atomic E-state index is 13.4. The van der Waals surface area contributed by atoms with Crippen molar-refractivity contribution in [3.63, 3.8) is 0 Å². The molecule has 0 spiro atoms. The van der Waals surface area contributed by atoms with Gasteiger partial charge in [0, 0.05) is 23.8 Å². The third-order valence-corrected chi connectivity index (χ3v) is 16.1. The third kappa shape index (κ3) is 5.29. The first-order valence-electron chi connectivity index (χ1n) is 19.1. The lowest BCUT2D eigenvalue weighted by Crippen LogP contribution is -2.70. The Morgan fingerprint density at radius 2 is 1.70 bits per heavy atom. The van der Waals surface area contributed by atoms with Gasteiger partial charge in [-0.3, -0.25) is 9.59 Å². The Labute approximate surface area is 284 Å². The number of fused-ring (bicyclic) bond motifs is 3. The summed E-state index contributed by atoms with van der Waals surface area (Å²) < 4.78 is 19.7. The molecule has 0 amide bonds. The molecule has 4 saturated carbocycles. The lowest BCUT2D eigenvalue weighted by Gasteiger charge is -2.71. The highest BCUT2D eigenvalue weighted by atomic mass is 16.6. The summed E-state index contributed by atoms with van der Waals surface area (Å²) in [6.07, 6.45) is 13.4. The first kappa shape index (κ1) is 35.4. The molecule has 0 aromatic rings. The molecule has 47 heavy (non-hydrogen) atoms. The Morgan fingerprint density at radius 1 is 1.00 bits per heavy atom. The Morgan fingerprint density at radius 3 is 2.34 bits per heavy atom. The zero-order valence-electron chi connectivity index (χ0n) is 30.7. The lowest BCUT2D eigenvalue weighted by atomic mass is 9.34. The van der Waals surface area contributed by atoms with Crippen LogP contribution >= 0.6 is 0 Å². The number of carbonyl (C=O) groups excluding carboxylic acids is 1. The predicted molar refractivity (Wildman–Crippen MR) is 183 cm³/mol. The monoisotopic (exact) mass is 655 g/mol. The molecule has 0 aromatic carbocycles. The summed E-state index contributed by atoms with van der Waals surface area (Å²) in [6.45, 7) is 19.3. The van der Waals surface area contributed by atoms with E-state index in [-0.39, 0.29) is 57.2 Å². The Bertz CT molecular complexity index is 1240. The van der Waals surface area contributed by atoms with Crippen molar-refractivity contribution < 1.29 is 28.9 Å². The number of allylic oxidation sites excluding steroid dienone is 1. The van der Waals surface area contributed by atoms with E-state index in [0.717, 1.165) is 32.1 Å². The van der Waals surface area contributed by atoms with Crippen LogP contribution in [-0.4, -0.2) is 55.1 Å². The van der Waals surface area contributed by atoms with Crippen LogP contribution in [0, 0.1) is 62.6 Å². The number of hydrogen-bond donors (Lipinski definition) is 2. The first-order chi connectivity index (χ1) is 22.0. The summed E-state index contributed by atoms with van der Waals surface area (Å²) in [5.74, 6) is 0.515. The minimum absolute atomic E-state index is 0.0138. The highest BCUT2D eigenvalue weighted by Crippen LogP contribution is 2.75. The van der Waals surface area contributed by atoms with Crippen LogP contribution in [0.4, 0.5) is 0 Å². The van der Waals surface area contributed by atoms with Crippen LogP contribution in [-0.2, 0) is 23.8 Å². The van der Waals surface area contributed by atoms with Gasteiger partial charge in [0.2, 0.25) is 0 Å². The van der Waals surface area contributed by atoms with Gasteiger partial charge in [-0.2, -0.15) is 0 Å². The number of esters is 1. The van der Waals surface area contributed by atoms with E-state index in [0.29, 0.717) is 49.9 Å². The summed E-state index contributed by atoms with van der Waals surface area (Å²) >= 11 is 0. The van der Waals surface area contributed by atoms with Crippen LogP contribution in [0.15, 0.2) is 11.6 Å². The van der Waals surface area contributed by atoms with E-state index in [4.69, 9.17) is 19.9 Å². The maximum Gasteiger partial charge on any atom is 0.307 e. The maximum atomic E-state index is 13.4. The summed E-state index contributed by atoms with van der Waals surface area (Å²) in [5, 5.41) is 11.0. The van der Waals surface area contributed by atoms with Gasteiger partial charge in [0.1, 0.15) is 12.2 Å². The van der Waals surface area contributed by atoms with Gasteiger partial charge in [-0.15, -0.1) is 0 Å². The van der Waals surface area contributed by atoms with Gasteiger partial charge in [-0.25, -0.2) is 0 Å². The van der Waals surface area contributed by atoms with E-state index >= 15 is 0 Å². The quantitative estimate of drug-likeness (QED) is 0.203. The normalized spacial score (nSPS) is 46.3. The van der Waals surface area contributed by atoms with Crippen LogP contribution in [0.1, 0.15) is 126 Å². The molecule has 0 radical (unpaired) electrons. The van der Waals surface area contributed by atoms with Gasteiger partial charge < -0.3 is 25.1 Å². The van der Waals surface area contributed by atoms with Crippen molar-refractivity contribution in [3.8, 4) is 0 Å². The van der Waals surface area contributed by atoms with Gasteiger partial charge in [0.25, 0.3) is 0 Å². The smallest absolute Gasteiger partial charge is 0.307 e. The number of ether oxygens (including phenoxy) is 3. The van der Waals surface area contributed by atoms with E-state index in [2.05, 4.69) is 54.5 Å². The van der Waals surface area contributed by atoms with Crippen molar-refractivity contribution in [2.24, 2.45) is 68.3 Å². The summed E-state index contributed by atoms with van der Waals surface area (Å²) in [6, 6.07) is -0.0138. The number of nitrogens with two attached hydrogens (primary N) is 1. The van der Waals surface area contributed by atoms with E-state index < -0.39 is 11.9 Å². The summed E-state index contributed by atoms with van der Waals surface area (Å²) in [7, 11) is 0. The number of carbonyl (C=O) groups is 2. The van der Waals surface area contributed by atoms with Crippen molar-refractivity contribution in [2.75, 3.05) is 19.8 Å². The van der Waals surface area contributed by atoms with Crippen molar-refractivity contribution in [2.45, 2.75) is 144 Å². The second-order valence-electron chi connectivity index (χ2n) is 18.5. The van der Waals surface area contributed by atoms with Gasteiger partial charge in [-0.1, -0.05) is 79.4 Å². The van der Waals surface area contributed by atoms with Gasteiger partial charge >= 0.3 is 11.9 Å². The van der Waals surface area contributed by atoms with Crippen LogP contribution in [0.5, 0.6) is 0 Å². The molecule has 0 aromatic heterocycles. The topological polar surface area (TPSA) is 108 Å².